The van der Waals surface area contributed by atoms with E-state index in [0.717, 1.165) is 48.5 Å². The van der Waals surface area contributed by atoms with Gasteiger partial charge in [-0.2, -0.15) is 0 Å². The monoisotopic (exact) mass is 267 g/mol. The molecule has 0 radical (unpaired) electrons. The zero-order chi connectivity index (χ0) is 13.1. The molecule has 100 valence electrons. The highest BCUT2D eigenvalue weighted by Gasteiger charge is 2.19. The number of nitrogen functional groups attached to an aromatic ring is 1. The van der Waals surface area contributed by atoms with E-state index in [9.17, 15) is 0 Å². The van der Waals surface area contributed by atoms with Gasteiger partial charge in [0.15, 0.2) is 0 Å². The largest absolute Gasteiger partial charge is 0.399 e. The van der Waals surface area contributed by atoms with Gasteiger partial charge in [0.1, 0.15) is 0 Å². The molecule has 3 nitrogen and oxygen atoms in total. The van der Waals surface area contributed by atoms with E-state index in [1.54, 1.807) is 0 Å². The minimum absolute atomic E-state index is 0.724. The molecule has 1 heterocycles. The van der Waals surface area contributed by atoms with Gasteiger partial charge in [0.25, 0.3) is 0 Å². The number of anilines is 2. The predicted octanol–water partition coefficient (Wildman–Crippen LogP) is 2.70. The minimum atomic E-state index is 0.724. The molecule has 2 N–H and O–H groups in total. The molecule has 1 fully saturated rings. The minimum Gasteiger partial charge on any atom is -0.399 e. The second-order valence-electron chi connectivity index (χ2n) is 5.39. The summed E-state index contributed by atoms with van der Waals surface area (Å²) in [6.45, 7) is 10.0. The molecule has 0 saturated carbocycles. The molecule has 0 aliphatic carbocycles. The van der Waals surface area contributed by atoms with Crippen molar-refractivity contribution in [3.05, 3.63) is 23.2 Å². The number of benzene rings is 1. The lowest BCUT2D eigenvalue weighted by Crippen LogP contribution is -2.47. The van der Waals surface area contributed by atoms with Crippen LogP contribution in [0.1, 0.15) is 13.8 Å². The van der Waals surface area contributed by atoms with E-state index >= 15 is 0 Å². The summed E-state index contributed by atoms with van der Waals surface area (Å²) in [6, 6.07) is 5.77. The Morgan fingerprint density at radius 3 is 2.44 bits per heavy atom. The summed E-state index contributed by atoms with van der Waals surface area (Å²) in [7, 11) is 0. The zero-order valence-corrected chi connectivity index (χ0v) is 12.0. The van der Waals surface area contributed by atoms with Crippen LogP contribution in [-0.4, -0.2) is 37.6 Å². The third-order valence-electron chi connectivity index (χ3n) is 3.31. The average Bonchev–Trinajstić information content (AvgIpc) is 2.30. The fourth-order valence-corrected chi connectivity index (χ4v) is 2.78. The highest BCUT2D eigenvalue weighted by atomic mass is 35.5. The summed E-state index contributed by atoms with van der Waals surface area (Å²) in [4.78, 5) is 4.87. The maximum absolute atomic E-state index is 6.25. The smallest absolute Gasteiger partial charge is 0.0660 e. The number of nitrogens with zero attached hydrogens (tertiary/aromatic N) is 2. The number of halogens is 1. The Balaban J connectivity index is 1.97. The van der Waals surface area contributed by atoms with Gasteiger partial charge in [-0.25, -0.2) is 0 Å². The van der Waals surface area contributed by atoms with Crippen molar-refractivity contribution in [1.82, 2.24) is 4.90 Å². The quantitative estimate of drug-likeness (QED) is 0.855. The second kappa shape index (κ2) is 5.81. The molecule has 1 aromatic carbocycles. The van der Waals surface area contributed by atoms with Gasteiger partial charge in [-0.15, -0.1) is 0 Å². The molecule has 4 heteroatoms. The first-order valence-electron chi connectivity index (χ1n) is 6.58. The Morgan fingerprint density at radius 1 is 1.22 bits per heavy atom. The van der Waals surface area contributed by atoms with E-state index in [4.69, 9.17) is 17.3 Å². The summed E-state index contributed by atoms with van der Waals surface area (Å²) in [6.07, 6.45) is 0. The molecule has 18 heavy (non-hydrogen) atoms. The van der Waals surface area contributed by atoms with E-state index in [1.165, 1.54) is 6.54 Å². The van der Waals surface area contributed by atoms with Crippen molar-refractivity contribution in [2.75, 3.05) is 43.4 Å². The number of hydrogen-bond acceptors (Lipinski definition) is 3. The van der Waals surface area contributed by atoms with Crippen molar-refractivity contribution in [1.29, 1.82) is 0 Å². The molecule has 1 aromatic rings. The Morgan fingerprint density at radius 2 is 1.89 bits per heavy atom. The lowest BCUT2D eigenvalue weighted by molar-refractivity contribution is 0.231. The van der Waals surface area contributed by atoms with Gasteiger partial charge in [-0.05, 0) is 24.1 Å². The highest BCUT2D eigenvalue weighted by Crippen LogP contribution is 2.28. The van der Waals surface area contributed by atoms with Crippen LogP contribution in [0.5, 0.6) is 0 Å². The van der Waals surface area contributed by atoms with Crippen LogP contribution in [0.2, 0.25) is 5.02 Å². The molecule has 0 unspecified atom stereocenters. The molecule has 1 saturated heterocycles. The molecule has 0 spiro atoms. The first kappa shape index (κ1) is 13.5. The number of piperazine rings is 1. The fourth-order valence-electron chi connectivity index (χ4n) is 2.47. The summed E-state index contributed by atoms with van der Waals surface area (Å²) in [5.74, 6) is 0.733. The second-order valence-corrected chi connectivity index (χ2v) is 5.80. The topological polar surface area (TPSA) is 32.5 Å². The lowest BCUT2D eigenvalue weighted by Gasteiger charge is -2.37. The normalized spacial score (nSPS) is 17.4. The standard InChI is InChI=1S/C14H22ClN3/c1-11(2)10-17-5-7-18(8-6-17)14-4-3-12(16)9-13(14)15/h3-4,9,11H,5-8,10,16H2,1-2H3. The van der Waals surface area contributed by atoms with E-state index in [1.807, 2.05) is 18.2 Å². The maximum Gasteiger partial charge on any atom is 0.0660 e. The van der Waals surface area contributed by atoms with Gasteiger partial charge >= 0.3 is 0 Å². The summed E-state index contributed by atoms with van der Waals surface area (Å²) < 4.78 is 0. The Bertz CT molecular complexity index is 398. The SMILES string of the molecule is CC(C)CN1CCN(c2ccc(N)cc2Cl)CC1. The van der Waals surface area contributed by atoms with Gasteiger partial charge in [0.05, 0.1) is 10.7 Å². The Kier molecular flexibility index (Phi) is 4.36. The van der Waals surface area contributed by atoms with E-state index in [0.29, 0.717) is 0 Å². The van der Waals surface area contributed by atoms with Crippen molar-refractivity contribution in [2.45, 2.75) is 13.8 Å². The van der Waals surface area contributed by atoms with Crippen LogP contribution in [0.25, 0.3) is 0 Å². The van der Waals surface area contributed by atoms with Gasteiger partial charge in [-0.3, -0.25) is 4.90 Å². The first-order valence-corrected chi connectivity index (χ1v) is 6.96. The Hall–Kier alpha value is -0.930. The first-order chi connectivity index (χ1) is 8.56. The summed E-state index contributed by atoms with van der Waals surface area (Å²) in [5.41, 5.74) is 7.55. The van der Waals surface area contributed by atoms with Crippen LogP contribution in [0.4, 0.5) is 11.4 Å². The number of nitrogens with two attached hydrogens (primary N) is 1. The number of hydrogen-bond donors (Lipinski definition) is 1. The van der Waals surface area contributed by atoms with Gasteiger partial charge in [0.2, 0.25) is 0 Å². The average molecular weight is 268 g/mol. The van der Waals surface area contributed by atoms with Crippen LogP contribution in [0, 0.1) is 5.92 Å². The molecule has 0 aromatic heterocycles. The van der Waals surface area contributed by atoms with Crippen LogP contribution in [0.15, 0.2) is 18.2 Å². The van der Waals surface area contributed by atoms with Gasteiger partial charge in [0, 0.05) is 38.4 Å². The number of rotatable bonds is 3. The molecule has 1 aliphatic heterocycles. The third-order valence-corrected chi connectivity index (χ3v) is 3.61. The molecular weight excluding hydrogens is 246 g/mol. The van der Waals surface area contributed by atoms with E-state index < -0.39 is 0 Å². The molecule has 1 aliphatic rings. The van der Waals surface area contributed by atoms with Crippen molar-refractivity contribution < 1.29 is 0 Å². The predicted molar refractivity (Wildman–Crippen MR) is 79.4 cm³/mol. The molecule has 0 bridgehead atoms. The summed E-state index contributed by atoms with van der Waals surface area (Å²) in [5, 5.41) is 0.757. The van der Waals surface area contributed by atoms with E-state index in [2.05, 4.69) is 23.6 Å². The van der Waals surface area contributed by atoms with Crippen molar-refractivity contribution in [3.63, 3.8) is 0 Å². The highest BCUT2D eigenvalue weighted by molar-refractivity contribution is 6.33. The zero-order valence-electron chi connectivity index (χ0n) is 11.2. The third kappa shape index (κ3) is 3.30. The molecule has 0 atom stereocenters. The van der Waals surface area contributed by atoms with Crippen molar-refractivity contribution >= 4 is 23.0 Å². The van der Waals surface area contributed by atoms with Crippen LogP contribution >= 0.6 is 11.6 Å². The van der Waals surface area contributed by atoms with Gasteiger partial charge in [-0.1, -0.05) is 25.4 Å². The fraction of sp³-hybridized carbons (Fsp3) is 0.571. The Labute approximate surface area is 115 Å². The summed E-state index contributed by atoms with van der Waals surface area (Å²) >= 11 is 6.25. The van der Waals surface area contributed by atoms with Crippen molar-refractivity contribution in [2.24, 2.45) is 5.92 Å². The molecule has 2 rings (SSSR count). The van der Waals surface area contributed by atoms with Crippen LogP contribution < -0.4 is 10.6 Å². The van der Waals surface area contributed by atoms with Crippen LogP contribution in [0.3, 0.4) is 0 Å². The van der Waals surface area contributed by atoms with Crippen LogP contribution in [-0.2, 0) is 0 Å². The molecule has 0 amide bonds. The van der Waals surface area contributed by atoms with Gasteiger partial charge < -0.3 is 10.6 Å². The van der Waals surface area contributed by atoms with Crippen molar-refractivity contribution in [3.8, 4) is 0 Å². The maximum atomic E-state index is 6.25. The lowest BCUT2D eigenvalue weighted by atomic mass is 10.2. The van der Waals surface area contributed by atoms with E-state index in [-0.39, 0.29) is 0 Å². The molecular formula is C14H22ClN3.